The van der Waals surface area contributed by atoms with E-state index < -0.39 is 0 Å². The molecule has 6 heteroatoms. The highest BCUT2D eigenvalue weighted by atomic mass is 16.2. The molecule has 6 nitrogen and oxygen atoms in total. The van der Waals surface area contributed by atoms with E-state index in [1.165, 1.54) is 0 Å². The predicted octanol–water partition coefficient (Wildman–Crippen LogP) is 2.87. The van der Waals surface area contributed by atoms with Crippen molar-refractivity contribution in [3.8, 4) is 0 Å². The molecular formula is C19H19N5O. The van der Waals surface area contributed by atoms with Crippen LogP contribution in [-0.4, -0.2) is 24.8 Å². The Balaban J connectivity index is 1.50. The summed E-state index contributed by atoms with van der Waals surface area (Å²) in [7, 11) is 0. The van der Waals surface area contributed by atoms with Gasteiger partial charge in [0.2, 0.25) is 5.91 Å². The molecule has 4 rings (SSSR count). The van der Waals surface area contributed by atoms with Gasteiger partial charge in [0.15, 0.2) is 0 Å². The fourth-order valence-electron chi connectivity index (χ4n) is 3.03. The van der Waals surface area contributed by atoms with E-state index >= 15 is 0 Å². The second-order valence-electron chi connectivity index (χ2n) is 6.19. The van der Waals surface area contributed by atoms with E-state index in [0.29, 0.717) is 6.54 Å². The van der Waals surface area contributed by atoms with Crippen LogP contribution >= 0.6 is 0 Å². The molecule has 1 atom stereocenters. The van der Waals surface area contributed by atoms with Gasteiger partial charge in [-0.2, -0.15) is 0 Å². The summed E-state index contributed by atoms with van der Waals surface area (Å²) in [5.74, 6) is -0.0584. The Kier molecular flexibility index (Phi) is 3.72. The number of amides is 1. The van der Waals surface area contributed by atoms with Gasteiger partial charge in [-0.05, 0) is 37.6 Å². The van der Waals surface area contributed by atoms with Crippen LogP contribution in [0.3, 0.4) is 0 Å². The molecule has 126 valence electrons. The molecule has 1 aromatic carbocycles. The van der Waals surface area contributed by atoms with Crippen molar-refractivity contribution in [3.05, 3.63) is 66.4 Å². The standard InChI is InChI=1S/C19H19N5O/c1-13-6-5-9-23-11-15(22-18(13)23)10-20-19(25)14(2)24-12-21-16-7-3-4-8-17(16)24/h3-9,11-12,14H,10H2,1-2H3,(H,20,25). The molecule has 0 radical (unpaired) electrons. The van der Waals surface area contributed by atoms with Crippen LogP contribution in [0.15, 0.2) is 55.1 Å². The minimum absolute atomic E-state index is 0.0584. The summed E-state index contributed by atoms with van der Waals surface area (Å²) < 4.78 is 3.86. The van der Waals surface area contributed by atoms with Gasteiger partial charge in [0.05, 0.1) is 29.6 Å². The lowest BCUT2D eigenvalue weighted by atomic mass is 10.2. The Hall–Kier alpha value is -3.15. The van der Waals surface area contributed by atoms with Gasteiger partial charge in [0, 0.05) is 12.4 Å². The van der Waals surface area contributed by atoms with Gasteiger partial charge in [0.25, 0.3) is 0 Å². The molecule has 1 unspecified atom stereocenters. The first-order valence-corrected chi connectivity index (χ1v) is 8.26. The number of nitrogens with one attached hydrogen (secondary N) is 1. The number of hydrogen-bond acceptors (Lipinski definition) is 3. The number of pyridine rings is 1. The third-order valence-corrected chi connectivity index (χ3v) is 4.45. The number of fused-ring (bicyclic) bond motifs is 2. The van der Waals surface area contributed by atoms with Gasteiger partial charge in [-0.15, -0.1) is 0 Å². The zero-order chi connectivity index (χ0) is 17.4. The lowest BCUT2D eigenvalue weighted by molar-refractivity contribution is -0.123. The van der Waals surface area contributed by atoms with Crippen molar-refractivity contribution >= 4 is 22.6 Å². The highest BCUT2D eigenvalue weighted by Crippen LogP contribution is 2.17. The number of carbonyl (C=O) groups is 1. The van der Waals surface area contributed by atoms with Crippen LogP contribution in [0.2, 0.25) is 0 Å². The molecule has 0 spiro atoms. The van der Waals surface area contributed by atoms with Gasteiger partial charge < -0.3 is 14.3 Å². The van der Waals surface area contributed by atoms with Gasteiger partial charge in [-0.1, -0.05) is 18.2 Å². The smallest absolute Gasteiger partial charge is 0.243 e. The van der Waals surface area contributed by atoms with Crippen molar-refractivity contribution in [2.24, 2.45) is 0 Å². The highest BCUT2D eigenvalue weighted by Gasteiger charge is 2.17. The zero-order valence-corrected chi connectivity index (χ0v) is 14.2. The predicted molar refractivity (Wildman–Crippen MR) is 96.2 cm³/mol. The van der Waals surface area contributed by atoms with Crippen LogP contribution in [0.4, 0.5) is 0 Å². The quantitative estimate of drug-likeness (QED) is 0.624. The van der Waals surface area contributed by atoms with E-state index in [4.69, 9.17) is 0 Å². The maximum atomic E-state index is 12.5. The minimum Gasteiger partial charge on any atom is -0.349 e. The highest BCUT2D eigenvalue weighted by molar-refractivity contribution is 5.83. The number of aromatic nitrogens is 4. The molecule has 3 aromatic heterocycles. The molecule has 1 amide bonds. The maximum Gasteiger partial charge on any atom is 0.243 e. The first-order chi connectivity index (χ1) is 12.1. The second kappa shape index (κ2) is 6.05. The molecule has 0 fully saturated rings. The van der Waals surface area contributed by atoms with Crippen LogP contribution in [0.1, 0.15) is 24.2 Å². The summed E-state index contributed by atoms with van der Waals surface area (Å²) >= 11 is 0. The van der Waals surface area contributed by atoms with Crippen molar-refractivity contribution in [2.45, 2.75) is 26.4 Å². The summed E-state index contributed by atoms with van der Waals surface area (Å²) in [6, 6.07) is 11.5. The van der Waals surface area contributed by atoms with E-state index in [1.54, 1.807) is 6.33 Å². The summed E-state index contributed by atoms with van der Waals surface area (Å²) in [4.78, 5) is 21.5. The number of hydrogen-bond donors (Lipinski definition) is 1. The van der Waals surface area contributed by atoms with Gasteiger partial charge in [-0.3, -0.25) is 4.79 Å². The van der Waals surface area contributed by atoms with E-state index in [1.807, 2.05) is 71.6 Å². The number of para-hydroxylation sites is 2. The summed E-state index contributed by atoms with van der Waals surface area (Å²) in [6.45, 7) is 4.30. The molecular weight excluding hydrogens is 314 g/mol. The number of carbonyl (C=O) groups excluding carboxylic acids is 1. The van der Waals surface area contributed by atoms with Gasteiger partial charge in [-0.25, -0.2) is 9.97 Å². The molecule has 0 aliphatic carbocycles. The van der Waals surface area contributed by atoms with Crippen molar-refractivity contribution in [1.29, 1.82) is 0 Å². The second-order valence-corrected chi connectivity index (χ2v) is 6.19. The number of rotatable bonds is 4. The molecule has 0 saturated heterocycles. The fourth-order valence-corrected chi connectivity index (χ4v) is 3.03. The average Bonchev–Trinajstić information content (AvgIpc) is 3.23. The van der Waals surface area contributed by atoms with E-state index in [9.17, 15) is 4.79 Å². The third-order valence-electron chi connectivity index (χ3n) is 4.45. The molecule has 0 bridgehead atoms. The van der Waals surface area contributed by atoms with Crippen molar-refractivity contribution in [2.75, 3.05) is 0 Å². The lowest BCUT2D eigenvalue weighted by Crippen LogP contribution is -2.30. The van der Waals surface area contributed by atoms with Crippen LogP contribution in [0.25, 0.3) is 16.7 Å². The Labute approximate surface area is 145 Å². The molecule has 25 heavy (non-hydrogen) atoms. The molecule has 3 heterocycles. The first-order valence-electron chi connectivity index (χ1n) is 8.26. The van der Waals surface area contributed by atoms with Gasteiger partial charge in [0.1, 0.15) is 11.7 Å². The Bertz CT molecular complexity index is 1060. The maximum absolute atomic E-state index is 12.5. The van der Waals surface area contributed by atoms with Gasteiger partial charge >= 0.3 is 0 Å². The van der Waals surface area contributed by atoms with E-state index in [-0.39, 0.29) is 11.9 Å². The third kappa shape index (κ3) is 2.76. The van der Waals surface area contributed by atoms with E-state index in [2.05, 4.69) is 15.3 Å². The topological polar surface area (TPSA) is 64.2 Å². The fraction of sp³-hybridized carbons (Fsp3) is 0.211. The number of imidazole rings is 2. The van der Waals surface area contributed by atoms with E-state index in [0.717, 1.165) is 27.9 Å². The first kappa shape index (κ1) is 15.4. The van der Waals surface area contributed by atoms with Crippen molar-refractivity contribution < 1.29 is 4.79 Å². The average molecular weight is 333 g/mol. The van der Waals surface area contributed by atoms with Crippen molar-refractivity contribution in [1.82, 2.24) is 24.3 Å². The SMILES string of the molecule is Cc1cccn2cc(CNC(=O)C(C)n3cnc4ccccc43)nc12. The number of aryl methyl sites for hydroxylation is 1. The normalized spacial score (nSPS) is 12.6. The largest absolute Gasteiger partial charge is 0.349 e. The summed E-state index contributed by atoms with van der Waals surface area (Å²) in [5, 5.41) is 2.97. The monoisotopic (exact) mass is 333 g/mol. The van der Waals surface area contributed by atoms with Crippen molar-refractivity contribution in [3.63, 3.8) is 0 Å². The Morgan fingerprint density at radius 1 is 1.24 bits per heavy atom. The number of nitrogens with zero attached hydrogens (tertiary/aromatic N) is 4. The number of benzene rings is 1. The Morgan fingerprint density at radius 3 is 2.92 bits per heavy atom. The van der Waals surface area contributed by atoms with Crippen LogP contribution < -0.4 is 5.32 Å². The summed E-state index contributed by atoms with van der Waals surface area (Å²) in [5.41, 5.74) is 4.70. The lowest BCUT2D eigenvalue weighted by Gasteiger charge is -2.14. The minimum atomic E-state index is -0.342. The Morgan fingerprint density at radius 2 is 2.08 bits per heavy atom. The molecule has 4 aromatic rings. The zero-order valence-electron chi connectivity index (χ0n) is 14.2. The molecule has 0 aliphatic heterocycles. The van der Waals surface area contributed by atoms with Crippen LogP contribution in [0.5, 0.6) is 0 Å². The molecule has 1 N–H and O–H groups in total. The molecule has 0 saturated carbocycles. The molecule has 0 aliphatic rings. The van der Waals surface area contributed by atoms with Crippen LogP contribution in [-0.2, 0) is 11.3 Å². The van der Waals surface area contributed by atoms with Crippen LogP contribution in [0, 0.1) is 6.92 Å². The summed E-state index contributed by atoms with van der Waals surface area (Å²) in [6.07, 6.45) is 5.62.